The van der Waals surface area contributed by atoms with Crippen molar-refractivity contribution in [3.05, 3.63) is 28.8 Å². The van der Waals surface area contributed by atoms with E-state index in [1.165, 1.54) is 7.11 Å². The first kappa shape index (κ1) is 17.3. The Morgan fingerprint density at radius 1 is 1.24 bits per heavy atom. The number of aliphatic carboxylic acids is 1. The molecule has 0 heterocycles. The van der Waals surface area contributed by atoms with E-state index in [4.69, 9.17) is 21.4 Å². The molecule has 0 bridgehead atoms. The third kappa shape index (κ3) is 6.49. The molecule has 2 N–H and O–H groups in total. The number of nitrogens with one attached hydrogen (secondary N) is 1. The molecule has 0 aromatic heterocycles. The second kappa shape index (κ2) is 9.23. The summed E-state index contributed by atoms with van der Waals surface area (Å²) in [6, 6.07) is 4.87. The number of methoxy groups -OCH3 is 1. The molecule has 0 aliphatic heterocycles. The molecular formula is C15H20ClNO4. The Balaban J connectivity index is 2.29. The monoisotopic (exact) mass is 313 g/mol. The van der Waals surface area contributed by atoms with Gasteiger partial charge < -0.3 is 15.2 Å². The third-order valence-corrected chi connectivity index (χ3v) is 3.25. The van der Waals surface area contributed by atoms with Gasteiger partial charge in [0.1, 0.15) is 5.75 Å². The number of carbonyl (C=O) groups excluding carboxylic acids is 1. The lowest BCUT2D eigenvalue weighted by Crippen LogP contribution is -2.24. The van der Waals surface area contributed by atoms with Crippen molar-refractivity contribution in [3.8, 4) is 5.75 Å². The number of halogens is 1. The summed E-state index contributed by atoms with van der Waals surface area (Å²) in [6.07, 6.45) is 3.45. The van der Waals surface area contributed by atoms with Crippen molar-refractivity contribution >= 4 is 23.5 Å². The number of carbonyl (C=O) groups is 2. The van der Waals surface area contributed by atoms with Gasteiger partial charge in [0.2, 0.25) is 0 Å². The molecule has 0 fully saturated rings. The Kier molecular flexibility index (Phi) is 7.61. The van der Waals surface area contributed by atoms with Crippen LogP contribution < -0.4 is 10.1 Å². The maximum Gasteiger partial charge on any atom is 0.303 e. The minimum Gasteiger partial charge on any atom is -0.496 e. The highest BCUT2D eigenvalue weighted by Gasteiger charge is 2.11. The largest absolute Gasteiger partial charge is 0.496 e. The minimum atomic E-state index is -0.766. The molecular weight excluding hydrogens is 294 g/mol. The molecule has 1 aromatic carbocycles. The minimum absolute atomic E-state index is 0.200. The van der Waals surface area contributed by atoms with Gasteiger partial charge in [0.05, 0.1) is 12.7 Å². The molecule has 0 saturated carbocycles. The van der Waals surface area contributed by atoms with E-state index in [-0.39, 0.29) is 12.3 Å². The molecule has 0 unspecified atom stereocenters. The second-order valence-electron chi connectivity index (χ2n) is 4.66. The summed E-state index contributed by atoms with van der Waals surface area (Å²) in [5, 5.41) is 11.8. The second-order valence-corrected chi connectivity index (χ2v) is 5.09. The van der Waals surface area contributed by atoms with Crippen LogP contribution in [0.2, 0.25) is 5.02 Å². The highest BCUT2D eigenvalue weighted by molar-refractivity contribution is 6.30. The average molecular weight is 314 g/mol. The van der Waals surface area contributed by atoms with Crippen LogP contribution in [0.3, 0.4) is 0 Å². The number of hydrogen-bond donors (Lipinski definition) is 2. The van der Waals surface area contributed by atoms with Crippen LogP contribution in [0.15, 0.2) is 18.2 Å². The van der Waals surface area contributed by atoms with Crippen LogP contribution in [-0.2, 0) is 4.79 Å². The number of benzene rings is 1. The van der Waals surface area contributed by atoms with Crippen LogP contribution in [0, 0.1) is 0 Å². The van der Waals surface area contributed by atoms with E-state index in [2.05, 4.69) is 5.32 Å². The normalized spacial score (nSPS) is 10.2. The van der Waals surface area contributed by atoms with E-state index in [1.807, 2.05) is 0 Å². The Bertz CT molecular complexity index is 491. The van der Waals surface area contributed by atoms with Crippen molar-refractivity contribution in [3.63, 3.8) is 0 Å². The molecule has 0 saturated heterocycles. The quantitative estimate of drug-likeness (QED) is 0.687. The zero-order chi connectivity index (χ0) is 15.7. The van der Waals surface area contributed by atoms with Gasteiger partial charge in [-0.1, -0.05) is 24.4 Å². The molecule has 1 rings (SSSR count). The fourth-order valence-corrected chi connectivity index (χ4v) is 2.07. The molecule has 1 amide bonds. The lowest BCUT2D eigenvalue weighted by atomic mass is 10.1. The van der Waals surface area contributed by atoms with Gasteiger partial charge in [0, 0.05) is 18.0 Å². The Hall–Kier alpha value is -1.75. The smallest absolute Gasteiger partial charge is 0.303 e. The summed E-state index contributed by atoms with van der Waals surface area (Å²) in [5.41, 5.74) is 0.452. The van der Waals surface area contributed by atoms with Gasteiger partial charge in [0.25, 0.3) is 5.91 Å². The Labute approximate surface area is 129 Å². The first-order valence-electron chi connectivity index (χ1n) is 6.88. The standard InChI is InChI=1S/C15H20ClNO4/c1-21-13-10-11(16)7-8-12(13)15(20)17-9-5-3-2-4-6-14(18)19/h7-8,10H,2-6,9H2,1H3,(H,17,20)(H,18,19). The van der Waals surface area contributed by atoms with Crippen LogP contribution in [-0.4, -0.2) is 30.6 Å². The van der Waals surface area contributed by atoms with E-state index in [0.29, 0.717) is 29.3 Å². The highest BCUT2D eigenvalue weighted by atomic mass is 35.5. The van der Waals surface area contributed by atoms with Crippen LogP contribution in [0.5, 0.6) is 5.75 Å². The maximum absolute atomic E-state index is 12.0. The zero-order valence-electron chi connectivity index (χ0n) is 12.0. The van der Waals surface area contributed by atoms with Crippen molar-refractivity contribution in [1.29, 1.82) is 0 Å². The molecule has 116 valence electrons. The van der Waals surface area contributed by atoms with Crippen LogP contribution in [0.4, 0.5) is 0 Å². The van der Waals surface area contributed by atoms with Crippen molar-refractivity contribution in [2.75, 3.05) is 13.7 Å². The van der Waals surface area contributed by atoms with Gasteiger partial charge in [-0.05, 0) is 31.0 Å². The average Bonchev–Trinajstić information content (AvgIpc) is 2.45. The van der Waals surface area contributed by atoms with Gasteiger partial charge in [-0.2, -0.15) is 0 Å². The summed E-state index contributed by atoms with van der Waals surface area (Å²) in [4.78, 5) is 22.3. The molecule has 6 heteroatoms. The van der Waals surface area contributed by atoms with Crippen LogP contribution in [0.1, 0.15) is 42.5 Å². The number of ether oxygens (including phenoxy) is 1. The van der Waals surface area contributed by atoms with Crippen molar-refractivity contribution in [1.82, 2.24) is 5.32 Å². The summed E-state index contributed by atoms with van der Waals surface area (Å²) < 4.78 is 5.13. The predicted molar refractivity (Wildman–Crippen MR) is 81.1 cm³/mol. The zero-order valence-corrected chi connectivity index (χ0v) is 12.8. The van der Waals surface area contributed by atoms with Gasteiger partial charge in [-0.15, -0.1) is 0 Å². The van der Waals surface area contributed by atoms with Crippen LogP contribution in [0.25, 0.3) is 0 Å². The lowest BCUT2D eigenvalue weighted by Gasteiger charge is -2.09. The summed E-state index contributed by atoms with van der Waals surface area (Å²) in [5.74, 6) is -0.520. The van der Waals surface area contributed by atoms with Crippen LogP contribution >= 0.6 is 11.6 Å². The number of carboxylic acids is 1. The number of unbranched alkanes of at least 4 members (excludes halogenated alkanes) is 3. The molecule has 0 aliphatic rings. The van der Waals surface area contributed by atoms with Crippen molar-refractivity contribution in [2.45, 2.75) is 32.1 Å². The van der Waals surface area contributed by atoms with E-state index < -0.39 is 5.97 Å². The SMILES string of the molecule is COc1cc(Cl)ccc1C(=O)NCCCCCCC(=O)O. The maximum atomic E-state index is 12.0. The summed E-state index contributed by atoms with van der Waals surface area (Å²) >= 11 is 5.84. The molecule has 21 heavy (non-hydrogen) atoms. The van der Waals surface area contributed by atoms with E-state index in [1.54, 1.807) is 18.2 Å². The van der Waals surface area contributed by atoms with Crippen molar-refractivity contribution < 1.29 is 19.4 Å². The summed E-state index contributed by atoms with van der Waals surface area (Å²) in [6.45, 7) is 0.553. The predicted octanol–water partition coefficient (Wildman–Crippen LogP) is 3.11. The molecule has 0 radical (unpaired) electrons. The molecule has 1 aromatic rings. The Morgan fingerprint density at radius 3 is 2.62 bits per heavy atom. The first-order valence-corrected chi connectivity index (χ1v) is 7.26. The van der Waals surface area contributed by atoms with Gasteiger partial charge in [-0.25, -0.2) is 0 Å². The molecule has 0 atom stereocenters. The molecule has 5 nitrogen and oxygen atoms in total. The fourth-order valence-electron chi connectivity index (χ4n) is 1.90. The summed E-state index contributed by atoms with van der Waals surface area (Å²) in [7, 11) is 1.49. The van der Waals surface area contributed by atoms with E-state index >= 15 is 0 Å². The number of rotatable bonds is 9. The third-order valence-electron chi connectivity index (χ3n) is 3.01. The first-order chi connectivity index (χ1) is 10.0. The highest BCUT2D eigenvalue weighted by Crippen LogP contribution is 2.22. The van der Waals surface area contributed by atoms with E-state index in [0.717, 1.165) is 19.3 Å². The fraction of sp³-hybridized carbons (Fsp3) is 0.467. The number of amides is 1. The van der Waals surface area contributed by atoms with E-state index in [9.17, 15) is 9.59 Å². The number of carboxylic acid groups (broad SMARTS) is 1. The topological polar surface area (TPSA) is 75.6 Å². The van der Waals surface area contributed by atoms with Crippen molar-refractivity contribution in [2.24, 2.45) is 0 Å². The Morgan fingerprint density at radius 2 is 1.95 bits per heavy atom. The number of hydrogen-bond acceptors (Lipinski definition) is 3. The van der Waals surface area contributed by atoms with Gasteiger partial charge in [-0.3, -0.25) is 9.59 Å². The molecule has 0 aliphatic carbocycles. The van der Waals surface area contributed by atoms with Gasteiger partial charge >= 0.3 is 5.97 Å². The molecule has 0 spiro atoms. The van der Waals surface area contributed by atoms with Gasteiger partial charge in [0.15, 0.2) is 0 Å². The lowest BCUT2D eigenvalue weighted by molar-refractivity contribution is -0.137.